The third-order valence-electron chi connectivity index (χ3n) is 18.6. The van der Waals surface area contributed by atoms with Gasteiger partial charge in [0.1, 0.15) is 19.3 Å². The Labute approximate surface area is 624 Å². The summed E-state index contributed by atoms with van der Waals surface area (Å²) >= 11 is 0. The van der Waals surface area contributed by atoms with Crippen LogP contribution in [0.5, 0.6) is 0 Å². The minimum Gasteiger partial charge on any atom is -0.462 e. The molecule has 0 aliphatic carbocycles. The summed E-state index contributed by atoms with van der Waals surface area (Å²) in [6.45, 7) is 4.95. The molecule has 0 aromatic heterocycles. The number of ether oxygens (including phenoxy) is 4. The Balaban J connectivity index is 5.32. The van der Waals surface area contributed by atoms with Gasteiger partial charge in [-0.1, -0.05) is 321 Å². The maximum atomic E-state index is 13.1. The van der Waals surface area contributed by atoms with Crippen LogP contribution >= 0.6 is 15.6 Å². The smallest absolute Gasteiger partial charge is 0.462 e. The normalized spacial score (nSPS) is 14.0. The zero-order valence-corrected chi connectivity index (χ0v) is 67.6. The highest BCUT2D eigenvalue weighted by atomic mass is 31.2. The lowest BCUT2D eigenvalue weighted by Crippen LogP contribution is -2.30. The molecule has 0 aromatic rings. The van der Waals surface area contributed by atoms with Crippen molar-refractivity contribution in [2.24, 2.45) is 0 Å². The van der Waals surface area contributed by atoms with E-state index in [-0.39, 0.29) is 25.7 Å². The second-order valence-corrected chi connectivity index (χ2v) is 31.7. The molecule has 0 rings (SSSR count). The number of aliphatic hydroxyl groups excluding tert-OH is 1. The van der Waals surface area contributed by atoms with Crippen molar-refractivity contribution in [2.75, 3.05) is 39.6 Å². The topological polar surface area (TPSA) is 237 Å². The van der Waals surface area contributed by atoms with Crippen LogP contribution in [0.15, 0.2) is 36.5 Å². The molecule has 0 spiro atoms. The van der Waals surface area contributed by atoms with Gasteiger partial charge >= 0.3 is 39.5 Å². The Morgan fingerprint density at radius 2 is 0.451 bits per heavy atom. The first kappa shape index (κ1) is 99.3. The highest BCUT2D eigenvalue weighted by molar-refractivity contribution is 7.47. The third kappa shape index (κ3) is 75.5. The molecule has 0 aromatic carbocycles. The van der Waals surface area contributed by atoms with Crippen LogP contribution in [-0.2, 0) is 65.4 Å². The molecular formula is C83H156O17P2. The van der Waals surface area contributed by atoms with Crippen LogP contribution in [0.3, 0.4) is 0 Å². The quantitative estimate of drug-likeness (QED) is 0.0169. The molecule has 0 radical (unpaired) electrons. The Bertz CT molecular complexity index is 2070. The van der Waals surface area contributed by atoms with Gasteiger partial charge in [-0.15, -0.1) is 0 Å². The highest BCUT2D eigenvalue weighted by Gasteiger charge is 2.30. The number of esters is 4. The average molecular weight is 1490 g/mol. The van der Waals surface area contributed by atoms with Crippen LogP contribution in [0, 0.1) is 0 Å². The van der Waals surface area contributed by atoms with Crippen molar-refractivity contribution in [1.82, 2.24) is 0 Å². The van der Waals surface area contributed by atoms with Gasteiger partial charge in [-0.25, -0.2) is 9.13 Å². The van der Waals surface area contributed by atoms with E-state index in [0.29, 0.717) is 25.7 Å². The zero-order chi connectivity index (χ0) is 74.6. The van der Waals surface area contributed by atoms with E-state index in [9.17, 15) is 43.2 Å². The van der Waals surface area contributed by atoms with Gasteiger partial charge in [0.15, 0.2) is 12.2 Å². The summed E-state index contributed by atoms with van der Waals surface area (Å²) in [6.07, 6.45) is 73.9. The average Bonchev–Trinajstić information content (AvgIpc) is 0.926. The van der Waals surface area contributed by atoms with Crippen LogP contribution in [-0.4, -0.2) is 96.7 Å². The molecule has 0 heterocycles. The number of aliphatic hydroxyl groups is 1. The van der Waals surface area contributed by atoms with Gasteiger partial charge in [-0.05, 0) is 103 Å². The van der Waals surface area contributed by atoms with Gasteiger partial charge in [-0.2, -0.15) is 0 Å². The van der Waals surface area contributed by atoms with Crippen molar-refractivity contribution in [1.29, 1.82) is 0 Å². The maximum Gasteiger partial charge on any atom is 0.472 e. The van der Waals surface area contributed by atoms with Gasteiger partial charge < -0.3 is 33.8 Å². The van der Waals surface area contributed by atoms with Crippen molar-refractivity contribution in [3.63, 3.8) is 0 Å². The Morgan fingerprint density at radius 1 is 0.265 bits per heavy atom. The minimum atomic E-state index is -4.97. The van der Waals surface area contributed by atoms with E-state index in [4.69, 9.17) is 37.0 Å². The van der Waals surface area contributed by atoms with Gasteiger partial charge in [-0.3, -0.25) is 37.3 Å². The standard InChI is InChI=1S/C83H156O17P2/c1-5-9-13-17-21-25-29-33-37-38-42-44-48-52-56-60-64-68-81(86)94-74-79(100-83(88)70-66-62-58-54-50-46-41-36-32-28-24-20-16-12-8-4)76-98-102(91,92)96-72-77(84)71-95-101(89,90)97-75-78(99-82(87)69-65-61-57-53-49-45-40-35-31-27-23-19-15-11-7-3)73-93-80(85)67-63-59-55-51-47-43-39-34-30-26-22-18-14-10-6-2/h34-36,39-41,77-79,84H,5-33,37-38,42-76H2,1-4H3,(H,89,90)(H,91,92)/b39-34-,40-35-,41-36-/t77-,78+,79+/m0/s1. The summed E-state index contributed by atoms with van der Waals surface area (Å²) in [4.78, 5) is 73.1. The molecule has 0 aliphatic rings. The van der Waals surface area contributed by atoms with Crippen molar-refractivity contribution >= 4 is 39.5 Å². The summed E-state index contributed by atoms with van der Waals surface area (Å²) in [7, 11) is -9.94. The number of carbonyl (C=O) groups excluding carboxylic acids is 4. The van der Waals surface area contributed by atoms with Gasteiger partial charge in [0.05, 0.1) is 26.4 Å². The van der Waals surface area contributed by atoms with Crippen LogP contribution in [0.25, 0.3) is 0 Å². The monoisotopic (exact) mass is 1490 g/mol. The van der Waals surface area contributed by atoms with E-state index in [2.05, 4.69) is 64.2 Å². The number of carbonyl (C=O) groups is 4. The van der Waals surface area contributed by atoms with Gasteiger partial charge in [0.25, 0.3) is 0 Å². The number of unbranched alkanes of at least 4 members (excludes halogenated alkanes) is 49. The summed E-state index contributed by atoms with van der Waals surface area (Å²) in [5.74, 6) is -2.15. The second kappa shape index (κ2) is 76.5. The van der Waals surface area contributed by atoms with E-state index >= 15 is 0 Å². The molecule has 0 fully saturated rings. The lowest BCUT2D eigenvalue weighted by Gasteiger charge is -2.21. The van der Waals surface area contributed by atoms with Crippen LogP contribution in [0.4, 0.5) is 0 Å². The predicted octanol–water partition coefficient (Wildman–Crippen LogP) is 24.7. The highest BCUT2D eigenvalue weighted by Crippen LogP contribution is 2.45. The third-order valence-corrected chi connectivity index (χ3v) is 20.5. The van der Waals surface area contributed by atoms with E-state index < -0.39 is 97.5 Å². The fourth-order valence-electron chi connectivity index (χ4n) is 12.1. The largest absolute Gasteiger partial charge is 0.472 e. The number of allylic oxidation sites excluding steroid dienone is 6. The van der Waals surface area contributed by atoms with Crippen LogP contribution in [0.2, 0.25) is 0 Å². The molecule has 5 atom stereocenters. The molecule has 0 amide bonds. The molecule has 102 heavy (non-hydrogen) atoms. The number of phosphoric acid groups is 2. The zero-order valence-electron chi connectivity index (χ0n) is 65.8. The molecule has 2 unspecified atom stereocenters. The molecule has 19 heteroatoms. The van der Waals surface area contributed by atoms with Crippen molar-refractivity contribution in [3.8, 4) is 0 Å². The maximum absolute atomic E-state index is 13.1. The fraction of sp³-hybridized carbons (Fsp3) is 0.880. The van der Waals surface area contributed by atoms with E-state index in [1.165, 1.54) is 199 Å². The van der Waals surface area contributed by atoms with E-state index in [1.54, 1.807) is 0 Å². The van der Waals surface area contributed by atoms with Crippen molar-refractivity contribution < 1.29 is 80.2 Å². The number of rotatable bonds is 81. The van der Waals surface area contributed by atoms with Crippen molar-refractivity contribution in [2.45, 2.75) is 431 Å². The molecule has 0 aliphatic heterocycles. The second-order valence-electron chi connectivity index (χ2n) is 28.8. The fourth-order valence-corrected chi connectivity index (χ4v) is 13.7. The van der Waals surface area contributed by atoms with E-state index in [0.717, 1.165) is 135 Å². The molecule has 0 saturated heterocycles. The molecule has 3 N–H and O–H groups in total. The van der Waals surface area contributed by atoms with Crippen molar-refractivity contribution in [3.05, 3.63) is 36.5 Å². The lowest BCUT2D eigenvalue weighted by molar-refractivity contribution is -0.161. The summed E-state index contributed by atoms with van der Waals surface area (Å²) < 4.78 is 68.7. The predicted molar refractivity (Wildman–Crippen MR) is 418 cm³/mol. The van der Waals surface area contributed by atoms with Crippen LogP contribution < -0.4 is 0 Å². The molecule has 0 bridgehead atoms. The molecular weight excluding hydrogens is 1330 g/mol. The lowest BCUT2D eigenvalue weighted by atomic mass is 10.0. The summed E-state index contributed by atoms with van der Waals surface area (Å²) in [5.41, 5.74) is 0. The number of hydrogen-bond acceptors (Lipinski definition) is 15. The van der Waals surface area contributed by atoms with Crippen LogP contribution in [0.1, 0.15) is 413 Å². The number of hydrogen-bond donors (Lipinski definition) is 3. The molecule has 17 nitrogen and oxygen atoms in total. The first-order chi connectivity index (χ1) is 49.7. The summed E-state index contributed by atoms with van der Waals surface area (Å²) in [6, 6.07) is 0. The SMILES string of the molecule is CCCCCCCC/C=C\CCCCCCCC(=O)OC[C@H](COP(=O)(O)OC[C@H](O)COP(=O)(O)OC[C@@H](COC(=O)CCCCCCCCCCCCCCCCCCC)OC(=O)CCCCCCC/C=C\CCCCCCCC)OC(=O)CCCCCCC/C=C\CCCCCCCC. The van der Waals surface area contributed by atoms with Gasteiger partial charge in [0.2, 0.25) is 0 Å². The Hall–Kier alpha value is -2.72. The first-order valence-electron chi connectivity index (χ1n) is 42.2. The Kier molecular flexibility index (Phi) is 74.4. The van der Waals surface area contributed by atoms with E-state index in [1.807, 2.05) is 0 Å². The molecule has 600 valence electrons. The summed E-state index contributed by atoms with van der Waals surface area (Å²) in [5, 5.41) is 10.7. The first-order valence-corrected chi connectivity index (χ1v) is 45.2. The number of phosphoric ester groups is 2. The molecule has 0 saturated carbocycles. The van der Waals surface area contributed by atoms with Gasteiger partial charge in [0, 0.05) is 25.7 Å². The minimum absolute atomic E-state index is 0.0898. The Morgan fingerprint density at radius 3 is 0.676 bits per heavy atom.